The van der Waals surface area contributed by atoms with Gasteiger partial charge in [-0.15, -0.1) is 0 Å². The number of carbonyl (C=O) groups is 1. The summed E-state index contributed by atoms with van der Waals surface area (Å²) in [6, 6.07) is 16.7. The summed E-state index contributed by atoms with van der Waals surface area (Å²) in [7, 11) is 0. The minimum absolute atomic E-state index is 0.0000926. The molecule has 5 rings (SSSR count). The lowest BCUT2D eigenvalue weighted by Gasteiger charge is -2.48. The fraction of sp³-hybridized carbons (Fsp3) is 0.278. The molecule has 2 aromatic rings. The molecule has 0 radical (unpaired) electrons. The maximum atomic E-state index is 11.8. The van der Waals surface area contributed by atoms with Gasteiger partial charge in [0.15, 0.2) is 0 Å². The van der Waals surface area contributed by atoms with Gasteiger partial charge in [-0.05, 0) is 28.2 Å². The van der Waals surface area contributed by atoms with Crippen molar-refractivity contribution in [1.29, 1.82) is 0 Å². The van der Waals surface area contributed by atoms with Crippen LogP contribution in [0.15, 0.2) is 48.5 Å². The molecule has 0 aliphatic heterocycles. The highest BCUT2D eigenvalue weighted by atomic mass is 16.4. The first-order valence-electron chi connectivity index (χ1n) is 7.10. The highest BCUT2D eigenvalue weighted by molar-refractivity contribution is 5.76. The van der Waals surface area contributed by atoms with Gasteiger partial charge in [-0.2, -0.15) is 0 Å². The Labute approximate surface area is 118 Å². The fourth-order valence-electron chi connectivity index (χ4n) is 4.32. The van der Waals surface area contributed by atoms with Crippen molar-refractivity contribution >= 4 is 5.97 Å². The molecule has 2 nitrogen and oxygen atoms in total. The van der Waals surface area contributed by atoms with Crippen LogP contribution in [0.3, 0.4) is 0 Å². The highest BCUT2D eigenvalue weighted by Crippen LogP contribution is 2.57. The minimum atomic E-state index is -0.670. The van der Waals surface area contributed by atoms with Gasteiger partial charge in [-0.1, -0.05) is 55.5 Å². The Morgan fingerprint density at radius 2 is 1.25 bits per heavy atom. The van der Waals surface area contributed by atoms with E-state index in [4.69, 9.17) is 0 Å². The first-order chi connectivity index (χ1) is 9.70. The number of fused-ring (bicyclic) bond motifs is 1. The third-order valence-electron chi connectivity index (χ3n) is 5.07. The summed E-state index contributed by atoms with van der Waals surface area (Å²) in [5.74, 6) is -0.628. The van der Waals surface area contributed by atoms with Crippen LogP contribution in [0.2, 0.25) is 0 Å². The second-order valence-corrected chi connectivity index (χ2v) is 5.94. The Morgan fingerprint density at radius 1 is 0.850 bits per heavy atom. The average Bonchev–Trinajstić information content (AvgIpc) is 2.47. The van der Waals surface area contributed by atoms with Gasteiger partial charge in [-0.25, -0.2) is 0 Å². The summed E-state index contributed by atoms with van der Waals surface area (Å²) in [5.41, 5.74) is 5.06. The molecular formula is C18H16O2. The van der Waals surface area contributed by atoms with Gasteiger partial charge >= 0.3 is 5.97 Å². The molecule has 2 heteroatoms. The Morgan fingerprint density at radius 3 is 1.65 bits per heavy atom. The van der Waals surface area contributed by atoms with Gasteiger partial charge in [0.1, 0.15) is 0 Å². The van der Waals surface area contributed by atoms with Crippen molar-refractivity contribution in [3.05, 3.63) is 70.8 Å². The summed E-state index contributed by atoms with van der Waals surface area (Å²) in [4.78, 5) is 11.8. The third kappa shape index (κ3) is 1.31. The van der Waals surface area contributed by atoms with Gasteiger partial charge in [0, 0.05) is 11.8 Å². The van der Waals surface area contributed by atoms with Gasteiger partial charge in [-0.3, -0.25) is 4.79 Å². The molecule has 100 valence electrons. The second-order valence-electron chi connectivity index (χ2n) is 5.94. The van der Waals surface area contributed by atoms with Crippen molar-refractivity contribution in [2.75, 3.05) is 0 Å². The Bertz CT molecular complexity index is 657. The van der Waals surface area contributed by atoms with Crippen LogP contribution in [0.25, 0.3) is 0 Å². The van der Waals surface area contributed by atoms with Crippen LogP contribution < -0.4 is 0 Å². The number of hydrogen-bond acceptors (Lipinski definition) is 1. The molecule has 0 aromatic heterocycles. The van der Waals surface area contributed by atoms with E-state index in [2.05, 4.69) is 43.3 Å². The number of carboxylic acids is 1. The van der Waals surface area contributed by atoms with E-state index in [0.29, 0.717) is 0 Å². The lowest BCUT2D eigenvalue weighted by atomic mass is 9.55. The quantitative estimate of drug-likeness (QED) is 0.854. The zero-order valence-corrected chi connectivity index (χ0v) is 11.3. The monoisotopic (exact) mass is 264 g/mol. The Balaban J connectivity index is 2.04. The van der Waals surface area contributed by atoms with Crippen molar-refractivity contribution in [2.24, 2.45) is 11.8 Å². The molecule has 2 aromatic carbocycles. The number of rotatable bonds is 1. The van der Waals surface area contributed by atoms with Crippen molar-refractivity contribution in [1.82, 2.24) is 0 Å². The maximum Gasteiger partial charge on any atom is 0.307 e. The zero-order chi connectivity index (χ0) is 13.9. The van der Waals surface area contributed by atoms with E-state index >= 15 is 0 Å². The normalized spacial score (nSPS) is 29.6. The lowest BCUT2D eigenvalue weighted by Crippen LogP contribution is -2.42. The van der Waals surface area contributed by atoms with E-state index in [1.54, 1.807) is 0 Å². The van der Waals surface area contributed by atoms with E-state index in [1.807, 2.05) is 12.1 Å². The predicted octanol–water partition coefficient (Wildman–Crippen LogP) is 3.61. The topological polar surface area (TPSA) is 37.3 Å². The summed E-state index contributed by atoms with van der Waals surface area (Å²) in [5, 5.41) is 9.68. The lowest BCUT2D eigenvalue weighted by molar-refractivity contribution is -0.145. The standard InChI is InChI=1S/C18H16O2/c1-10-15-11-6-2-4-8-13(11)17(16(10)18(19)20)14-9-5-3-7-12(14)15/h2-10,15-17H,1H3,(H,19,20)/t10-,15?,16+,17?/m0/s1. The molecule has 1 N–H and O–H groups in total. The van der Waals surface area contributed by atoms with Crippen molar-refractivity contribution < 1.29 is 9.90 Å². The molecule has 0 amide bonds. The van der Waals surface area contributed by atoms with E-state index in [-0.39, 0.29) is 23.7 Å². The molecule has 0 saturated heterocycles. The first kappa shape index (κ1) is 11.7. The number of benzene rings is 2. The molecule has 3 aliphatic rings. The van der Waals surface area contributed by atoms with Crippen LogP contribution in [0.4, 0.5) is 0 Å². The molecular weight excluding hydrogens is 248 g/mol. The fourth-order valence-corrected chi connectivity index (χ4v) is 4.32. The third-order valence-corrected chi connectivity index (χ3v) is 5.07. The largest absolute Gasteiger partial charge is 0.481 e. The van der Waals surface area contributed by atoms with E-state index in [1.165, 1.54) is 22.3 Å². The molecule has 2 bridgehead atoms. The molecule has 0 spiro atoms. The van der Waals surface area contributed by atoms with Crippen LogP contribution in [-0.2, 0) is 4.79 Å². The number of hydrogen-bond donors (Lipinski definition) is 1. The van der Waals surface area contributed by atoms with Gasteiger partial charge in [0.05, 0.1) is 5.92 Å². The Hall–Kier alpha value is -2.09. The average molecular weight is 264 g/mol. The summed E-state index contributed by atoms with van der Waals surface area (Å²) >= 11 is 0. The zero-order valence-electron chi connectivity index (χ0n) is 11.3. The molecule has 3 aliphatic carbocycles. The second kappa shape index (κ2) is 3.95. The summed E-state index contributed by atoms with van der Waals surface area (Å²) < 4.78 is 0. The van der Waals surface area contributed by atoms with Gasteiger partial charge in [0.2, 0.25) is 0 Å². The molecule has 0 saturated carbocycles. The molecule has 0 unspecified atom stereocenters. The summed E-state index contributed by atoms with van der Waals surface area (Å²) in [6.07, 6.45) is 0. The van der Waals surface area contributed by atoms with Crippen molar-refractivity contribution in [2.45, 2.75) is 18.8 Å². The summed E-state index contributed by atoms with van der Waals surface area (Å²) in [6.45, 7) is 2.09. The van der Waals surface area contributed by atoms with E-state index in [0.717, 1.165) is 0 Å². The van der Waals surface area contributed by atoms with E-state index in [9.17, 15) is 9.90 Å². The minimum Gasteiger partial charge on any atom is -0.481 e. The molecule has 2 atom stereocenters. The number of carboxylic acid groups (broad SMARTS) is 1. The molecule has 20 heavy (non-hydrogen) atoms. The van der Waals surface area contributed by atoms with E-state index < -0.39 is 5.97 Å². The maximum absolute atomic E-state index is 11.8. The molecule has 0 heterocycles. The van der Waals surface area contributed by atoms with Gasteiger partial charge < -0.3 is 5.11 Å². The first-order valence-corrected chi connectivity index (χ1v) is 7.10. The van der Waals surface area contributed by atoms with Crippen molar-refractivity contribution in [3.63, 3.8) is 0 Å². The van der Waals surface area contributed by atoms with Gasteiger partial charge in [0.25, 0.3) is 0 Å². The predicted molar refractivity (Wildman–Crippen MR) is 76.9 cm³/mol. The van der Waals surface area contributed by atoms with Crippen molar-refractivity contribution in [3.8, 4) is 0 Å². The smallest absolute Gasteiger partial charge is 0.307 e. The Kier molecular flexibility index (Phi) is 2.31. The van der Waals surface area contributed by atoms with Crippen LogP contribution in [-0.4, -0.2) is 11.1 Å². The number of aliphatic carboxylic acids is 1. The van der Waals surface area contributed by atoms with Crippen LogP contribution in [0, 0.1) is 11.8 Å². The van der Waals surface area contributed by atoms with Crippen LogP contribution >= 0.6 is 0 Å². The van der Waals surface area contributed by atoms with Crippen LogP contribution in [0.5, 0.6) is 0 Å². The highest BCUT2D eigenvalue weighted by Gasteiger charge is 2.50. The van der Waals surface area contributed by atoms with Crippen LogP contribution in [0.1, 0.15) is 41.0 Å². The SMILES string of the molecule is C[C@H]1C2c3ccccc3C(c3ccccc32)[C@@H]1C(=O)O. The molecule has 0 fully saturated rings.